The molecule has 2 aromatic carbocycles. The predicted octanol–water partition coefficient (Wildman–Crippen LogP) is 1.51. The molecule has 0 bridgehead atoms. The largest absolute Gasteiger partial charge is 0.396 e. The molecule has 1 aliphatic rings. The van der Waals surface area contributed by atoms with Gasteiger partial charge in [-0.2, -0.15) is 0 Å². The van der Waals surface area contributed by atoms with E-state index in [4.69, 9.17) is 22.0 Å². The molecular weight excluding hydrogens is 506 g/mol. The smallest absolute Gasteiger partial charge is 0.227 e. The average Bonchev–Trinajstić information content (AvgIpc) is 2.89. The Kier molecular flexibility index (Phi) is 10.4. The molecule has 1 atom stereocenters. The van der Waals surface area contributed by atoms with Crippen molar-refractivity contribution >= 4 is 33.2 Å². The second-order valence-electron chi connectivity index (χ2n) is 9.69. The fourth-order valence-electron chi connectivity index (χ4n) is 4.76. The number of nitrogens with two attached hydrogens (primary N) is 2. The number of piperidine rings is 1. The van der Waals surface area contributed by atoms with E-state index < -0.39 is 27.4 Å². The molecule has 11 heteroatoms. The monoisotopic (exact) mass is 543 g/mol. The highest BCUT2D eigenvalue weighted by Crippen LogP contribution is 2.25. The van der Waals surface area contributed by atoms with Crippen LogP contribution >= 0.6 is 0 Å². The van der Waals surface area contributed by atoms with Gasteiger partial charge in [-0.25, -0.2) is 8.42 Å². The van der Waals surface area contributed by atoms with Gasteiger partial charge in [0.05, 0.1) is 29.6 Å². The Morgan fingerprint density at radius 1 is 1.13 bits per heavy atom. The van der Waals surface area contributed by atoms with Crippen molar-refractivity contribution in [1.29, 1.82) is 5.41 Å². The Morgan fingerprint density at radius 3 is 2.50 bits per heavy atom. The molecule has 1 fully saturated rings. The first-order valence-electron chi connectivity index (χ1n) is 12.8. The van der Waals surface area contributed by atoms with Gasteiger partial charge in [-0.3, -0.25) is 15.0 Å². The molecule has 0 aliphatic carbocycles. The number of anilines is 1. The summed E-state index contributed by atoms with van der Waals surface area (Å²) < 4.78 is 27.0. The quantitative estimate of drug-likeness (QED) is 0.199. The Hall–Kier alpha value is -3.28. The fourth-order valence-corrected chi connectivity index (χ4v) is 6.33. The maximum Gasteiger partial charge on any atom is 0.227 e. The third-order valence-electron chi connectivity index (χ3n) is 6.81. The minimum absolute atomic E-state index is 0.00348. The molecule has 38 heavy (non-hydrogen) atoms. The highest BCUT2D eigenvalue weighted by molar-refractivity contribution is 7.91. The molecular formula is C27H37N5O5S. The SMILES string of the molecule is N=C(N)c1cccc(C[C@H](CS(=O)(=O)c2cccc(NC(=O)CCO)c2)C(=O)N2CCC(CCN)CC2)c1. The fraction of sp³-hybridized carbons (Fsp3) is 0.444. The molecule has 0 unspecified atom stereocenters. The lowest BCUT2D eigenvalue weighted by Gasteiger charge is -2.34. The van der Waals surface area contributed by atoms with Gasteiger partial charge in [-0.1, -0.05) is 24.3 Å². The minimum Gasteiger partial charge on any atom is -0.396 e. The number of nitrogens with zero attached hydrogens (tertiary/aromatic N) is 1. The Morgan fingerprint density at radius 2 is 1.84 bits per heavy atom. The van der Waals surface area contributed by atoms with E-state index in [2.05, 4.69) is 5.32 Å². The lowest BCUT2D eigenvalue weighted by Crippen LogP contribution is -2.44. The summed E-state index contributed by atoms with van der Waals surface area (Å²) in [7, 11) is -3.91. The average molecular weight is 544 g/mol. The summed E-state index contributed by atoms with van der Waals surface area (Å²) in [5.41, 5.74) is 12.8. The summed E-state index contributed by atoms with van der Waals surface area (Å²) in [6.07, 6.45) is 2.64. The summed E-state index contributed by atoms with van der Waals surface area (Å²) in [5.74, 6) is -1.56. The van der Waals surface area contributed by atoms with Gasteiger partial charge in [-0.05, 0) is 68.0 Å². The van der Waals surface area contributed by atoms with Crippen LogP contribution in [-0.4, -0.2) is 68.1 Å². The normalized spacial score (nSPS) is 15.2. The first-order valence-corrected chi connectivity index (χ1v) is 14.4. The molecule has 3 rings (SSSR count). The van der Waals surface area contributed by atoms with Crippen LogP contribution in [0, 0.1) is 17.2 Å². The van der Waals surface area contributed by atoms with Crippen molar-refractivity contribution in [3.63, 3.8) is 0 Å². The Bertz CT molecular complexity index is 1240. The third kappa shape index (κ3) is 8.11. The van der Waals surface area contributed by atoms with Crippen LogP contribution in [0.4, 0.5) is 5.69 Å². The van der Waals surface area contributed by atoms with Crippen LogP contribution in [0.1, 0.15) is 36.8 Å². The standard InChI is InChI=1S/C27H37N5O5S/c28-11-7-19-8-12-32(13-9-19)27(35)22(16-20-3-1-4-21(15-20)26(29)30)18-38(36,37)24-6-2-5-23(17-24)31-25(34)10-14-33/h1-6,15,17,19,22,33H,7-14,16,18,28H2,(H3,29,30)(H,31,34)/t22-/m1/s1. The van der Waals surface area contributed by atoms with E-state index in [9.17, 15) is 18.0 Å². The minimum atomic E-state index is -3.91. The van der Waals surface area contributed by atoms with Crippen LogP contribution in [0.2, 0.25) is 0 Å². The number of hydrogen-bond donors (Lipinski definition) is 5. The first-order chi connectivity index (χ1) is 18.1. The zero-order valence-electron chi connectivity index (χ0n) is 21.4. The van der Waals surface area contributed by atoms with Crippen molar-refractivity contribution in [3.8, 4) is 0 Å². The predicted molar refractivity (Wildman–Crippen MR) is 146 cm³/mol. The van der Waals surface area contributed by atoms with E-state index in [-0.39, 0.29) is 36.1 Å². The van der Waals surface area contributed by atoms with E-state index in [0.717, 1.165) is 19.3 Å². The number of sulfone groups is 1. The maximum absolute atomic E-state index is 13.7. The zero-order chi connectivity index (χ0) is 27.7. The molecule has 1 heterocycles. The number of carbonyl (C=O) groups is 2. The topological polar surface area (TPSA) is 180 Å². The van der Waals surface area contributed by atoms with Crippen LogP contribution < -0.4 is 16.8 Å². The van der Waals surface area contributed by atoms with E-state index in [0.29, 0.717) is 42.4 Å². The molecule has 1 aliphatic heterocycles. The lowest BCUT2D eigenvalue weighted by molar-refractivity contribution is -0.136. The van der Waals surface area contributed by atoms with Crippen molar-refractivity contribution < 1.29 is 23.1 Å². The number of nitrogens with one attached hydrogen (secondary N) is 2. The van der Waals surface area contributed by atoms with Crippen LogP contribution in [0.25, 0.3) is 0 Å². The molecule has 0 spiro atoms. The molecule has 206 valence electrons. The van der Waals surface area contributed by atoms with Crippen molar-refractivity contribution in [2.24, 2.45) is 23.3 Å². The molecule has 7 N–H and O–H groups in total. The van der Waals surface area contributed by atoms with Crippen LogP contribution in [0.5, 0.6) is 0 Å². The van der Waals surface area contributed by atoms with Gasteiger partial charge in [0.25, 0.3) is 0 Å². The summed E-state index contributed by atoms with van der Waals surface area (Å²) in [6.45, 7) is 1.40. The number of amidine groups is 1. The van der Waals surface area contributed by atoms with Crippen LogP contribution in [-0.2, 0) is 25.8 Å². The number of aliphatic hydroxyl groups excluding tert-OH is 1. The van der Waals surface area contributed by atoms with Crippen molar-refractivity contribution in [2.45, 2.75) is 37.0 Å². The molecule has 1 saturated heterocycles. The Labute approximate surface area is 223 Å². The summed E-state index contributed by atoms with van der Waals surface area (Å²) >= 11 is 0. The van der Waals surface area contributed by atoms with Gasteiger partial charge in [-0.15, -0.1) is 0 Å². The lowest BCUT2D eigenvalue weighted by atomic mass is 9.92. The molecule has 0 radical (unpaired) electrons. The van der Waals surface area contributed by atoms with Crippen molar-refractivity contribution in [1.82, 2.24) is 4.90 Å². The molecule has 2 aromatic rings. The summed E-state index contributed by atoms with van der Waals surface area (Å²) in [6, 6.07) is 12.8. The van der Waals surface area contributed by atoms with Gasteiger partial charge in [0.15, 0.2) is 9.84 Å². The number of likely N-dealkylation sites (tertiary alicyclic amines) is 1. The van der Waals surface area contributed by atoms with Gasteiger partial charge in [0, 0.05) is 24.3 Å². The van der Waals surface area contributed by atoms with Gasteiger partial charge < -0.3 is 26.8 Å². The molecule has 0 saturated carbocycles. The van der Waals surface area contributed by atoms with Gasteiger partial charge >= 0.3 is 0 Å². The number of benzene rings is 2. The number of carbonyl (C=O) groups excluding carboxylic acids is 2. The van der Waals surface area contributed by atoms with Crippen molar-refractivity contribution in [2.75, 3.05) is 37.3 Å². The zero-order valence-corrected chi connectivity index (χ0v) is 22.3. The molecule has 0 aromatic heterocycles. The number of hydrogen-bond acceptors (Lipinski definition) is 7. The third-order valence-corrected chi connectivity index (χ3v) is 8.62. The Balaban J connectivity index is 1.85. The van der Waals surface area contributed by atoms with Crippen LogP contribution in [0.3, 0.4) is 0 Å². The van der Waals surface area contributed by atoms with Crippen molar-refractivity contribution in [3.05, 3.63) is 59.7 Å². The molecule has 10 nitrogen and oxygen atoms in total. The van der Waals surface area contributed by atoms with Crippen LogP contribution in [0.15, 0.2) is 53.4 Å². The number of nitrogen functional groups attached to an aromatic ring is 1. The second-order valence-corrected chi connectivity index (χ2v) is 11.7. The molecule has 2 amide bonds. The first kappa shape index (κ1) is 29.3. The van der Waals surface area contributed by atoms with E-state index in [1.807, 2.05) is 0 Å². The van der Waals surface area contributed by atoms with E-state index in [1.54, 1.807) is 35.2 Å². The number of aliphatic hydroxyl groups is 1. The number of amides is 2. The summed E-state index contributed by atoms with van der Waals surface area (Å²) in [4.78, 5) is 27.3. The highest BCUT2D eigenvalue weighted by atomic mass is 32.2. The van der Waals surface area contributed by atoms with Gasteiger partial charge in [0.2, 0.25) is 11.8 Å². The van der Waals surface area contributed by atoms with Gasteiger partial charge in [0.1, 0.15) is 5.84 Å². The highest BCUT2D eigenvalue weighted by Gasteiger charge is 2.32. The second kappa shape index (κ2) is 13.5. The van der Waals surface area contributed by atoms with E-state index in [1.165, 1.54) is 18.2 Å². The number of rotatable bonds is 12. The van der Waals surface area contributed by atoms with E-state index >= 15 is 0 Å². The maximum atomic E-state index is 13.7. The summed E-state index contributed by atoms with van der Waals surface area (Å²) in [5, 5.41) is 19.2.